The molecule has 0 heterocycles. The first kappa shape index (κ1) is 10.0. The first-order valence-electron chi connectivity index (χ1n) is 5.01. The van der Waals surface area contributed by atoms with E-state index >= 15 is 0 Å². The van der Waals surface area contributed by atoms with Crippen LogP contribution in [0.15, 0.2) is 0 Å². The second-order valence-electron chi connectivity index (χ2n) is 4.15. The SMILES string of the molecule is CNC1CCC(OCC(C)C)C1. The first-order valence-corrected chi connectivity index (χ1v) is 5.01. The highest BCUT2D eigenvalue weighted by atomic mass is 16.5. The van der Waals surface area contributed by atoms with Gasteiger partial charge in [0.25, 0.3) is 0 Å². The van der Waals surface area contributed by atoms with Gasteiger partial charge in [0.2, 0.25) is 0 Å². The average molecular weight is 171 g/mol. The van der Waals surface area contributed by atoms with Gasteiger partial charge in [-0.15, -0.1) is 0 Å². The van der Waals surface area contributed by atoms with E-state index in [0.717, 1.165) is 6.61 Å². The Kier molecular flexibility index (Phi) is 4.02. The fraction of sp³-hybridized carbons (Fsp3) is 1.00. The second-order valence-corrected chi connectivity index (χ2v) is 4.15. The number of ether oxygens (including phenoxy) is 1. The minimum absolute atomic E-state index is 0.518. The highest BCUT2D eigenvalue weighted by molar-refractivity contribution is 4.79. The minimum atomic E-state index is 0.518. The lowest BCUT2D eigenvalue weighted by atomic mass is 10.2. The lowest BCUT2D eigenvalue weighted by Crippen LogP contribution is -2.23. The van der Waals surface area contributed by atoms with E-state index in [1.807, 2.05) is 7.05 Å². The van der Waals surface area contributed by atoms with Crippen molar-refractivity contribution in [1.29, 1.82) is 0 Å². The van der Waals surface area contributed by atoms with Crippen LogP contribution in [-0.4, -0.2) is 25.8 Å². The monoisotopic (exact) mass is 171 g/mol. The van der Waals surface area contributed by atoms with Crippen LogP contribution in [-0.2, 0) is 4.74 Å². The molecular formula is C10H21NO. The summed E-state index contributed by atoms with van der Waals surface area (Å²) < 4.78 is 5.76. The zero-order valence-corrected chi connectivity index (χ0v) is 8.47. The molecule has 2 nitrogen and oxygen atoms in total. The Morgan fingerprint density at radius 1 is 1.42 bits per heavy atom. The van der Waals surface area contributed by atoms with Gasteiger partial charge in [0.1, 0.15) is 0 Å². The van der Waals surface area contributed by atoms with E-state index in [9.17, 15) is 0 Å². The quantitative estimate of drug-likeness (QED) is 0.696. The Labute approximate surface area is 75.7 Å². The molecule has 0 saturated heterocycles. The van der Waals surface area contributed by atoms with Crippen LogP contribution < -0.4 is 5.32 Å². The van der Waals surface area contributed by atoms with Crippen molar-refractivity contribution >= 4 is 0 Å². The van der Waals surface area contributed by atoms with Gasteiger partial charge in [-0.25, -0.2) is 0 Å². The van der Waals surface area contributed by atoms with Crippen LogP contribution in [0, 0.1) is 5.92 Å². The third-order valence-electron chi connectivity index (χ3n) is 2.46. The van der Waals surface area contributed by atoms with Gasteiger partial charge in [-0.3, -0.25) is 0 Å². The summed E-state index contributed by atoms with van der Waals surface area (Å²) in [6, 6.07) is 0.696. The number of hydrogen-bond donors (Lipinski definition) is 1. The molecule has 1 saturated carbocycles. The molecule has 0 bridgehead atoms. The van der Waals surface area contributed by atoms with E-state index in [2.05, 4.69) is 19.2 Å². The number of nitrogens with one attached hydrogen (secondary N) is 1. The van der Waals surface area contributed by atoms with Gasteiger partial charge in [-0.05, 0) is 32.2 Å². The molecule has 0 aliphatic heterocycles. The summed E-state index contributed by atoms with van der Waals surface area (Å²) in [7, 11) is 2.04. The standard InChI is InChI=1S/C10H21NO/c1-8(2)7-12-10-5-4-9(6-10)11-3/h8-11H,4-7H2,1-3H3. The third kappa shape index (κ3) is 3.11. The van der Waals surface area contributed by atoms with Crippen LogP contribution in [0.4, 0.5) is 0 Å². The van der Waals surface area contributed by atoms with Crippen LogP contribution in [0.5, 0.6) is 0 Å². The lowest BCUT2D eigenvalue weighted by Gasteiger charge is -2.13. The molecule has 0 spiro atoms. The van der Waals surface area contributed by atoms with Gasteiger partial charge in [-0.1, -0.05) is 13.8 Å². The van der Waals surface area contributed by atoms with Gasteiger partial charge in [0.15, 0.2) is 0 Å². The van der Waals surface area contributed by atoms with Crippen LogP contribution in [0.25, 0.3) is 0 Å². The summed E-state index contributed by atoms with van der Waals surface area (Å²) in [4.78, 5) is 0. The molecule has 1 N–H and O–H groups in total. The maximum Gasteiger partial charge on any atom is 0.0590 e. The summed E-state index contributed by atoms with van der Waals surface area (Å²) in [6.45, 7) is 5.32. The zero-order chi connectivity index (χ0) is 8.97. The maximum atomic E-state index is 5.76. The fourth-order valence-corrected chi connectivity index (χ4v) is 1.68. The van der Waals surface area contributed by atoms with Crippen LogP contribution >= 0.6 is 0 Å². The number of rotatable bonds is 4. The lowest BCUT2D eigenvalue weighted by molar-refractivity contribution is 0.0394. The Morgan fingerprint density at radius 2 is 2.17 bits per heavy atom. The van der Waals surface area contributed by atoms with Gasteiger partial charge < -0.3 is 10.1 Å². The summed E-state index contributed by atoms with van der Waals surface area (Å²) >= 11 is 0. The maximum absolute atomic E-state index is 5.76. The molecule has 0 aromatic rings. The van der Waals surface area contributed by atoms with E-state index in [1.165, 1.54) is 19.3 Å². The smallest absolute Gasteiger partial charge is 0.0590 e. The van der Waals surface area contributed by atoms with E-state index in [-0.39, 0.29) is 0 Å². The molecule has 2 heteroatoms. The summed E-state index contributed by atoms with van der Waals surface area (Å²) in [5.41, 5.74) is 0. The molecule has 0 aromatic carbocycles. The molecule has 72 valence electrons. The van der Waals surface area contributed by atoms with Crippen molar-refractivity contribution in [2.45, 2.75) is 45.3 Å². The summed E-state index contributed by atoms with van der Waals surface area (Å²) in [5.74, 6) is 0.665. The highest BCUT2D eigenvalue weighted by Crippen LogP contribution is 2.22. The topological polar surface area (TPSA) is 21.3 Å². The average Bonchev–Trinajstić information content (AvgIpc) is 2.48. The molecule has 0 radical (unpaired) electrons. The van der Waals surface area contributed by atoms with Crippen molar-refractivity contribution in [3.05, 3.63) is 0 Å². The van der Waals surface area contributed by atoms with E-state index in [4.69, 9.17) is 4.74 Å². The summed E-state index contributed by atoms with van der Waals surface area (Å²) in [6.07, 6.45) is 4.23. The molecule has 0 amide bonds. The van der Waals surface area contributed by atoms with Gasteiger partial charge >= 0.3 is 0 Å². The molecule has 1 fully saturated rings. The Morgan fingerprint density at radius 3 is 2.67 bits per heavy atom. The summed E-state index contributed by atoms with van der Waals surface area (Å²) in [5, 5.41) is 3.30. The molecule has 1 aliphatic rings. The predicted octanol–water partition coefficient (Wildman–Crippen LogP) is 1.80. The first-order chi connectivity index (χ1) is 5.72. The van der Waals surface area contributed by atoms with Crippen molar-refractivity contribution in [2.75, 3.05) is 13.7 Å². The van der Waals surface area contributed by atoms with Crippen LogP contribution in [0.3, 0.4) is 0 Å². The fourth-order valence-electron chi connectivity index (χ4n) is 1.68. The molecule has 0 aromatic heterocycles. The van der Waals surface area contributed by atoms with E-state index < -0.39 is 0 Å². The molecule has 2 atom stereocenters. The number of hydrogen-bond acceptors (Lipinski definition) is 2. The molecule has 1 rings (SSSR count). The molecule has 12 heavy (non-hydrogen) atoms. The third-order valence-corrected chi connectivity index (χ3v) is 2.46. The second kappa shape index (κ2) is 4.83. The van der Waals surface area contributed by atoms with Crippen LogP contribution in [0.2, 0.25) is 0 Å². The van der Waals surface area contributed by atoms with E-state index in [1.54, 1.807) is 0 Å². The highest BCUT2D eigenvalue weighted by Gasteiger charge is 2.23. The van der Waals surface area contributed by atoms with Gasteiger partial charge in [0, 0.05) is 12.6 Å². The molecular weight excluding hydrogens is 150 g/mol. The van der Waals surface area contributed by atoms with Crippen molar-refractivity contribution in [3.63, 3.8) is 0 Å². The van der Waals surface area contributed by atoms with Crippen molar-refractivity contribution < 1.29 is 4.74 Å². The van der Waals surface area contributed by atoms with Crippen molar-refractivity contribution in [1.82, 2.24) is 5.32 Å². The Balaban J connectivity index is 2.11. The Hall–Kier alpha value is -0.0800. The van der Waals surface area contributed by atoms with Crippen molar-refractivity contribution in [3.8, 4) is 0 Å². The van der Waals surface area contributed by atoms with Gasteiger partial charge in [-0.2, -0.15) is 0 Å². The minimum Gasteiger partial charge on any atom is -0.378 e. The zero-order valence-electron chi connectivity index (χ0n) is 8.47. The van der Waals surface area contributed by atoms with Crippen molar-refractivity contribution in [2.24, 2.45) is 5.92 Å². The molecule has 1 aliphatic carbocycles. The van der Waals surface area contributed by atoms with Gasteiger partial charge in [0.05, 0.1) is 6.10 Å². The normalized spacial score (nSPS) is 30.0. The Bertz CT molecular complexity index is 125. The predicted molar refractivity (Wildman–Crippen MR) is 51.3 cm³/mol. The van der Waals surface area contributed by atoms with E-state index in [0.29, 0.717) is 18.1 Å². The largest absolute Gasteiger partial charge is 0.378 e. The van der Waals surface area contributed by atoms with Crippen LogP contribution in [0.1, 0.15) is 33.1 Å². The molecule has 2 unspecified atom stereocenters.